The molecule has 0 saturated carbocycles. The van der Waals surface area contributed by atoms with Crippen molar-refractivity contribution in [2.75, 3.05) is 6.54 Å². The number of allylic oxidation sites excluding steroid dienone is 1. The molecule has 4 heteroatoms. The van der Waals surface area contributed by atoms with E-state index < -0.39 is 0 Å². The van der Waals surface area contributed by atoms with Crippen LogP contribution >= 0.6 is 0 Å². The molecule has 19 heavy (non-hydrogen) atoms. The monoisotopic (exact) mass is 257 g/mol. The Morgan fingerprint density at radius 1 is 1.21 bits per heavy atom. The smallest absolute Gasteiger partial charge is 0.152 e. The van der Waals surface area contributed by atoms with Gasteiger partial charge in [0.1, 0.15) is 11.5 Å². The van der Waals surface area contributed by atoms with Gasteiger partial charge in [-0.3, -0.25) is 5.10 Å². The first kappa shape index (κ1) is 12.2. The Balaban J connectivity index is 1.52. The van der Waals surface area contributed by atoms with Crippen LogP contribution in [-0.2, 0) is 6.54 Å². The second kappa shape index (κ2) is 5.89. The number of furan rings is 1. The molecular formula is C15H19N3O. The van der Waals surface area contributed by atoms with Crippen molar-refractivity contribution >= 4 is 0 Å². The van der Waals surface area contributed by atoms with Gasteiger partial charge in [-0.15, -0.1) is 0 Å². The number of nitrogens with zero attached hydrogens (tertiary/aromatic N) is 1. The quantitative estimate of drug-likeness (QED) is 0.808. The molecule has 1 aliphatic carbocycles. The molecule has 0 aliphatic heterocycles. The van der Waals surface area contributed by atoms with Crippen LogP contribution < -0.4 is 5.32 Å². The largest absolute Gasteiger partial charge is 0.458 e. The summed E-state index contributed by atoms with van der Waals surface area (Å²) in [4.78, 5) is 0. The van der Waals surface area contributed by atoms with E-state index in [0.29, 0.717) is 0 Å². The minimum Gasteiger partial charge on any atom is -0.458 e. The summed E-state index contributed by atoms with van der Waals surface area (Å²) in [5.41, 5.74) is 2.45. The van der Waals surface area contributed by atoms with Gasteiger partial charge in [-0.2, -0.15) is 5.10 Å². The lowest BCUT2D eigenvalue weighted by Crippen LogP contribution is -2.17. The Morgan fingerprint density at radius 3 is 3.00 bits per heavy atom. The topological polar surface area (TPSA) is 53.9 Å². The molecule has 3 rings (SSSR count). The molecule has 2 aromatic rings. The summed E-state index contributed by atoms with van der Waals surface area (Å²) in [6.45, 7) is 1.74. The van der Waals surface area contributed by atoms with E-state index in [2.05, 4.69) is 21.6 Å². The maximum absolute atomic E-state index is 5.76. The lowest BCUT2D eigenvalue weighted by molar-refractivity contribution is 0.496. The predicted molar refractivity (Wildman–Crippen MR) is 74.5 cm³/mol. The van der Waals surface area contributed by atoms with Gasteiger partial charge in [-0.1, -0.05) is 11.6 Å². The van der Waals surface area contributed by atoms with Crippen LogP contribution in [0.15, 0.2) is 40.5 Å². The maximum atomic E-state index is 5.76. The lowest BCUT2D eigenvalue weighted by atomic mass is 10.00. The third-order valence-corrected chi connectivity index (χ3v) is 3.46. The molecule has 0 saturated heterocycles. The van der Waals surface area contributed by atoms with Crippen molar-refractivity contribution in [1.82, 2.24) is 15.5 Å². The van der Waals surface area contributed by atoms with Gasteiger partial charge in [0.15, 0.2) is 5.76 Å². The lowest BCUT2D eigenvalue weighted by Gasteiger charge is -2.12. The van der Waals surface area contributed by atoms with Gasteiger partial charge in [0.05, 0.1) is 6.54 Å². The normalized spacial score (nSPS) is 15.5. The molecular weight excluding hydrogens is 238 g/mol. The zero-order valence-corrected chi connectivity index (χ0v) is 11.0. The maximum Gasteiger partial charge on any atom is 0.152 e. The average molecular weight is 257 g/mol. The Kier molecular flexibility index (Phi) is 3.79. The SMILES string of the molecule is C1=C(CNCc2ccc(-c3ccn[nH]3)o2)CCCC1. The number of hydrogen-bond acceptors (Lipinski definition) is 3. The fourth-order valence-corrected chi connectivity index (χ4v) is 2.42. The highest BCUT2D eigenvalue weighted by Gasteiger charge is 2.06. The van der Waals surface area contributed by atoms with Gasteiger partial charge in [0.2, 0.25) is 0 Å². The number of aromatic nitrogens is 2. The van der Waals surface area contributed by atoms with E-state index in [1.807, 2.05) is 18.2 Å². The fraction of sp³-hybridized carbons (Fsp3) is 0.400. The van der Waals surface area contributed by atoms with Crippen LogP contribution in [0.1, 0.15) is 31.4 Å². The molecule has 2 heterocycles. The van der Waals surface area contributed by atoms with Crippen LogP contribution in [0.4, 0.5) is 0 Å². The van der Waals surface area contributed by atoms with Crippen molar-refractivity contribution < 1.29 is 4.42 Å². The number of aromatic amines is 1. The van der Waals surface area contributed by atoms with Gasteiger partial charge in [0, 0.05) is 12.7 Å². The van der Waals surface area contributed by atoms with E-state index >= 15 is 0 Å². The first-order valence-electron chi connectivity index (χ1n) is 6.89. The summed E-state index contributed by atoms with van der Waals surface area (Å²) >= 11 is 0. The molecule has 4 nitrogen and oxygen atoms in total. The average Bonchev–Trinajstić information content (AvgIpc) is 3.10. The predicted octanol–water partition coefficient (Wildman–Crippen LogP) is 3.26. The van der Waals surface area contributed by atoms with Crippen molar-refractivity contribution in [2.24, 2.45) is 0 Å². The van der Waals surface area contributed by atoms with Gasteiger partial charge in [0.25, 0.3) is 0 Å². The van der Waals surface area contributed by atoms with Gasteiger partial charge in [-0.05, 0) is 43.9 Å². The summed E-state index contributed by atoms with van der Waals surface area (Å²) in [5.74, 6) is 1.80. The molecule has 2 N–H and O–H groups in total. The highest BCUT2D eigenvalue weighted by Crippen LogP contribution is 2.20. The molecule has 100 valence electrons. The van der Waals surface area contributed by atoms with E-state index in [0.717, 1.165) is 30.3 Å². The summed E-state index contributed by atoms with van der Waals surface area (Å²) < 4.78 is 5.76. The van der Waals surface area contributed by atoms with E-state index in [-0.39, 0.29) is 0 Å². The number of nitrogens with one attached hydrogen (secondary N) is 2. The highest BCUT2D eigenvalue weighted by molar-refractivity contribution is 5.51. The molecule has 0 fully saturated rings. The Bertz CT molecular complexity index is 540. The minimum absolute atomic E-state index is 0.769. The van der Waals surface area contributed by atoms with Crippen LogP contribution in [0.25, 0.3) is 11.5 Å². The van der Waals surface area contributed by atoms with Gasteiger partial charge >= 0.3 is 0 Å². The third kappa shape index (κ3) is 3.15. The van der Waals surface area contributed by atoms with E-state index in [1.165, 1.54) is 31.3 Å². The highest BCUT2D eigenvalue weighted by atomic mass is 16.3. The fourth-order valence-electron chi connectivity index (χ4n) is 2.42. The van der Waals surface area contributed by atoms with Crippen LogP contribution in [0, 0.1) is 0 Å². The molecule has 2 aromatic heterocycles. The number of rotatable bonds is 5. The second-order valence-electron chi connectivity index (χ2n) is 4.95. The molecule has 0 spiro atoms. The summed E-state index contributed by atoms with van der Waals surface area (Å²) in [6.07, 6.45) is 9.25. The van der Waals surface area contributed by atoms with E-state index in [1.54, 1.807) is 6.20 Å². The van der Waals surface area contributed by atoms with Gasteiger partial charge < -0.3 is 9.73 Å². The first-order valence-corrected chi connectivity index (χ1v) is 6.89. The first-order chi connectivity index (χ1) is 9.42. The minimum atomic E-state index is 0.769. The van der Waals surface area contributed by atoms with Crippen LogP contribution in [0.5, 0.6) is 0 Å². The standard InChI is InChI=1S/C15H19N3O/c1-2-4-12(5-3-1)10-16-11-13-6-7-15(19-13)14-8-9-17-18-14/h4,6-9,16H,1-3,5,10-11H2,(H,17,18). The molecule has 0 amide bonds. The van der Waals surface area contributed by atoms with Gasteiger partial charge in [-0.25, -0.2) is 0 Å². The van der Waals surface area contributed by atoms with Crippen LogP contribution in [-0.4, -0.2) is 16.7 Å². The third-order valence-electron chi connectivity index (χ3n) is 3.46. The summed E-state index contributed by atoms with van der Waals surface area (Å²) in [5, 5.41) is 10.3. The molecule has 0 bridgehead atoms. The summed E-state index contributed by atoms with van der Waals surface area (Å²) in [6, 6.07) is 5.89. The molecule has 0 aromatic carbocycles. The Labute approximate surface area is 112 Å². The number of hydrogen-bond donors (Lipinski definition) is 2. The molecule has 1 aliphatic rings. The van der Waals surface area contributed by atoms with Crippen LogP contribution in [0.3, 0.4) is 0 Å². The second-order valence-corrected chi connectivity index (χ2v) is 4.95. The zero-order valence-electron chi connectivity index (χ0n) is 11.0. The van der Waals surface area contributed by atoms with Crippen LogP contribution in [0.2, 0.25) is 0 Å². The number of H-pyrrole nitrogens is 1. The van der Waals surface area contributed by atoms with E-state index in [4.69, 9.17) is 4.42 Å². The molecule has 0 radical (unpaired) electrons. The van der Waals surface area contributed by atoms with Crippen molar-refractivity contribution in [3.05, 3.63) is 41.8 Å². The van der Waals surface area contributed by atoms with E-state index in [9.17, 15) is 0 Å². The van der Waals surface area contributed by atoms with Crippen molar-refractivity contribution in [2.45, 2.75) is 32.2 Å². The Morgan fingerprint density at radius 2 is 2.21 bits per heavy atom. The van der Waals surface area contributed by atoms with Crippen molar-refractivity contribution in [3.63, 3.8) is 0 Å². The van der Waals surface area contributed by atoms with Crippen molar-refractivity contribution in [1.29, 1.82) is 0 Å². The zero-order chi connectivity index (χ0) is 12.9. The molecule has 0 unspecified atom stereocenters. The summed E-state index contributed by atoms with van der Waals surface area (Å²) in [7, 11) is 0. The Hall–Kier alpha value is -1.81. The van der Waals surface area contributed by atoms with Crippen molar-refractivity contribution in [3.8, 4) is 11.5 Å². The molecule has 0 atom stereocenters.